The zero-order valence-electron chi connectivity index (χ0n) is 7.60. The second-order valence-corrected chi connectivity index (χ2v) is 5.79. The van der Waals surface area contributed by atoms with E-state index in [1.807, 2.05) is 6.92 Å². The van der Waals surface area contributed by atoms with E-state index in [-0.39, 0.29) is 29.8 Å². The van der Waals surface area contributed by atoms with Gasteiger partial charge >= 0.3 is 0 Å². The van der Waals surface area contributed by atoms with Gasteiger partial charge in [-0.2, -0.15) is 0 Å². The van der Waals surface area contributed by atoms with Crippen molar-refractivity contribution >= 4 is 9.84 Å². The van der Waals surface area contributed by atoms with Crippen LogP contribution in [0, 0.1) is 5.92 Å². The van der Waals surface area contributed by atoms with Crippen molar-refractivity contribution in [3.63, 3.8) is 0 Å². The molecule has 0 aromatic rings. The third kappa shape index (κ3) is 1.87. The van der Waals surface area contributed by atoms with E-state index in [2.05, 4.69) is 0 Å². The number of hydrogen-bond acceptors (Lipinski definition) is 4. The van der Waals surface area contributed by atoms with Crippen molar-refractivity contribution in [1.29, 1.82) is 0 Å². The summed E-state index contributed by atoms with van der Waals surface area (Å²) in [6.07, 6.45) is 0.453. The number of fused-ring (bicyclic) bond motifs is 1. The van der Waals surface area contributed by atoms with Gasteiger partial charge in [0.25, 0.3) is 0 Å². The van der Waals surface area contributed by atoms with Crippen molar-refractivity contribution in [1.82, 2.24) is 0 Å². The Balaban J connectivity index is 1.97. The Kier molecular flexibility index (Phi) is 2.33. The van der Waals surface area contributed by atoms with Crippen LogP contribution in [-0.4, -0.2) is 38.9 Å². The highest BCUT2D eigenvalue weighted by Gasteiger charge is 2.45. The number of ether oxygens (including phenoxy) is 2. The maximum atomic E-state index is 11.2. The molecule has 2 rings (SSSR count). The normalized spacial score (nSPS) is 42.1. The van der Waals surface area contributed by atoms with E-state index in [1.54, 1.807) is 0 Å². The molecule has 0 aromatic heterocycles. The molecular weight excluding hydrogens is 192 g/mol. The molecule has 0 N–H and O–H groups in total. The lowest BCUT2D eigenvalue weighted by Crippen LogP contribution is -2.18. The summed E-state index contributed by atoms with van der Waals surface area (Å²) in [4.78, 5) is 0. The van der Waals surface area contributed by atoms with E-state index in [0.717, 1.165) is 6.42 Å². The summed E-state index contributed by atoms with van der Waals surface area (Å²) in [6.45, 7) is 2.53. The number of rotatable bonds is 2. The lowest BCUT2D eigenvalue weighted by Gasteiger charge is -2.11. The zero-order chi connectivity index (χ0) is 9.47. The van der Waals surface area contributed by atoms with Crippen LogP contribution in [0.3, 0.4) is 0 Å². The first-order valence-electron chi connectivity index (χ1n) is 4.58. The molecule has 3 atom stereocenters. The fourth-order valence-electron chi connectivity index (χ4n) is 2.05. The Morgan fingerprint density at radius 1 is 1.46 bits per heavy atom. The molecule has 2 fully saturated rings. The van der Waals surface area contributed by atoms with E-state index < -0.39 is 9.84 Å². The first kappa shape index (κ1) is 9.43. The molecule has 0 bridgehead atoms. The van der Waals surface area contributed by atoms with Crippen LogP contribution < -0.4 is 0 Å². The van der Waals surface area contributed by atoms with E-state index >= 15 is 0 Å². The molecular formula is C8H14O4S. The van der Waals surface area contributed by atoms with Crippen molar-refractivity contribution in [3.05, 3.63) is 0 Å². The molecule has 2 saturated heterocycles. The molecule has 2 aliphatic rings. The van der Waals surface area contributed by atoms with Crippen LogP contribution in [0.25, 0.3) is 0 Å². The topological polar surface area (TPSA) is 52.6 Å². The van der Waals surface area contributed by atoms with Gasteiger partial charge in [-0.15, -0.1) is 0 Å². The SMILES string of the molecule is CCO[C@H]1C[C@H]2CS(=O)(=O)C[C@@H]2O1. The van der Waals surface area contributed by atoms with Crippen molar-refractivity contribution in [3.8, 4) is 0 Å². The van der Waals surface area contributed by atoms with Gasteiger partial charge in [0.1, 0.15) is 0 Å². The molecule has 0 saturated carbocycles. The Bertz CT molecular complexity index is 265. The van der Waals surface area contributed by atoms with Gasteiger partial charge in [0.15, 0.2) is 16.1 Å². The summed E-state index contributed by atoms with van der Waals surface area (Å²) in [5.74, 6) is 0.629. The smallest absolute Gasteiger partial charge is 0.158 e. The van der Waals surface area contributed by atoms with Gasteiger partial charge < -0.3 is 9.47 Å². The minimum absolute atomic E-state index is 0.110. The summed E-state index contributed by atoms with van der Waals surface area (Å²) in [6, 6.07) is 0. The van der Waals surface area contributed by atoms with Crippen molar-refractivity contribution in [2.24, 2.45) is 5.92 Å². The molecule has 2 heterocycles. The molecule has 0 spiro atoms. The minimum atomic E-state index is -2.82. The van der Waals surface area contributed by atoms with Gasteiger partial charge in [0, 0.05) is 18.9 Å². The molecule has 13 heavy (non-hydrogen) atoms. The van der Waals surface area contributed by atoms with Crippen LogP contribution in [0.1, 0.15) is 13.3 Å². The molecule has 2 aliphatic heterocycles. The van der Waals surface area contributed by atoms with Crippen LogP contribution in [0.4, 0.5) is 0 Å². The lowest BCUT2D eigenvalue weighted by atomic mass is 10.1. The summed E-state index contributed by atoms with van der Waals surface area (Å²) in [7, 11) is -2.82. The highest BCUT2D eigenvalue weighted by atomic mass is 32.2. The average Bonchev–Trinajstić information content (AvgIpc) is 2.41. The Morgan fingerprint density at radius 2 is 2.23 bits per heavy atom. The number of sulfone groups is 1. The van der Waals surface area contributed by atoms with Crippen LogP contribution in [0.5, 0.6) is 0 Å². The third-order valence-electron chi connectivity index (χ3n) is 2.59. The molecule has 5 heteroatoms. The largest absolute Gasteiger partial charge is 0.353 e. The maximum absolute atomic E-state index is 11.2. The standard InChI is InChI=1S/C8H14O4S/c1-2-11-8-3-6-4-13(9,10)5-7(6)12-8/h6-8H,2-5H2,1H3/t6-,7-,8+/m0/s1. The Hall–Kier alpha value is -0.130. The van der Waals surface area contributed by atoms with Crippen molar-refractivity contribution in [2.45, 2.75) is 25.7 Å². The predicted molar refractivity (Wildman–Crippen MR) is 47.0 cm³/mol. The monoisotopic (exact) mass is 206 g/mol. The summed E-state index contributed by atoms with van der Waals surface area (Å²) >= 11 is 0. The van der Waals surface area contributed by atoms with Crippen LogP contribution >= 0.6 is 0 Å². The summed E-state index contributed by atoms with van der Waals surface area (Å²) in [5, 5.41) is 0. The molecule has 0 aromatic carbocycles. The fraction of sp³-hybridized carbons (Fsp3) is 1.00. The van der Waals surface area contributed by atoms with Gasteiger partial charge in [0.05, 0.1) is 17.6 Å². The van der Waals surface area contributed by atoms with Gasteiger partial charge in [-0.25, -0.2) is 8.42 Å². The van der Waals surface area contributed by atoms with Crippen LogP contribution in [0.2, 0.25) is 0 Å². The molecule has 0 unspecified atom stereocenters. The molecule has 0 aliphatic carbocycles. The minimum Gasteiger partial charge on any atom is -0.353 e. The van der Waals surface area contributed by atoms with E-state index in [4.69, 9.17) is 9.47 Å². The first-order chi connectivity index (χ1) is 6.11. The predicted octanol–water partition coefficient (Wildman–Crippen LogP) is 0.182. The fourth-order valence-corrected chi connectivity index (χ4v) is 4.04. The van der Waals surface area contributed by atoms with E-state index in [9.17, 15) is 8.42 Å². The summed E-state index contributed by atoms with van der Waals surface area (Å²) in [5.41, 5.74) is 0. The highest BCUT2D eigenvalue weighted by molar-refractivity contribution is 7.91. The molecule has 76 valence electrons. The zero-order valence-corrected chi connectivity index (χ0v) is 8.42. The molecule has 4 nitrogen and oxygen atoms in total. The summed E-state index contributed by atoms with van der Waals surface area (Å²) < 4.78 is 33.1. The Labute approximate surface area is 78.1 Å². The number of hydrogen-bond donors (Lipinski definition) is 0. The molecule has 0 amide bonds. The second-order valence-electron chi connectivity index (χ2n) is 3.63. The first-order valence-corrected chi connectivity index (χ1v) is 6.40. The van der Waals surface area contributed by atoms with Crippen molar-refractivity contribution < 1.29 is 17.9 Å². The van der Waals surface area contributed by atoms with Crippen LogP contribution in [0.15, 0.2) is 0 Å². The van der Waals surface area contributed by atoms with Gasteiger partial charge in [-0.3, -0.25) is 0 Å². The van der Waals surface area contributed by atoms with Gasteiger partial charge in [0.2, 0.25) is 0 Å². The van der Waals surface area contributed by atoms with Crippen molar-refractivity contribution in [2.75, 3.05) is 18.1 Å². The van der Waals surface area contributed by atoms with Crippen LogP contribution in [-0.2, 0) is 19.3 Å². The average molecular weight is 206 g/mol. The van der Waals surface area contributed by atoms with E-state index in [1.165, 1.54) is 0 Å². The highest BCUT2D eigenvalue weighted by Crippen LogP contribution is 2.34. The Morgan fingerprint density at radius 3 is 2.85 bits per heavy atom. The maximum Gasteiger partial charge on any atom is 0.158 e. The van der Waals surface area contributed by atoms with Gasteiger partial charge in [-0.1, -0.05) is 0 Å². The van der Waals surface area contributed by atoms with Gasteiger partial charge in [-0.05, 0) is 6.92 Å². The van der Waals surface area contributed by atoms with E-state index in [0.29, 0.717) is 6.61 Å². The third-order valence-corrected chi connectivity index (χ3v) is 4.36. The lowest BCUT2D eigenvalue weighted by molar-refractivity contribution is -0.125. The second kappa shape index (κ2) is 3.22. The molecule has 0 radical (unpaired) electrons. The quantitative estimate of drug-likeness (QED) is 0.647.